The van der Waals surface area contributed by atoms with E-state index in [4.69, 9.17) is 4.74 Å². The summed E-state index contributed by atoms with van der Waals surface area (Å²) in [6.07, 6.45) is 8.59. The highest BCUT2D eigenvalue weighted by Gasteiger charge is 2.37. The van der Waals surface area contributed by atoms with Crippen LogP contribution in [0.1, 0.15) is 33.6 Å². The van der Waals surface area contributed by atoms with Crippen LogP contribution in [0.4, 0.5) is 0 Å². The lowest BCUT2D eigenvalue weighted by atomic mass is 9.85. The van der Waals surface area contributed by atoms with Crippen molar-refractivity contribution in [3.63, 3.8) is 0 Å². The predicted molar refractivity (Wildman–Crippen MR) is 61.7 cm³/mol. The molecule has 1 heterocycles. The van der Waals surface area contributed by atoms with Gasteiger partial charge in [-0.25, -0.2) is 0 Å². The summed E-state index contributed by atoms with van der Waals surface area (Å²) in [6.45, 7) is 6.31. The van der Waals surface area contributed by atoms with Crippen LogP contribution in [-0.4, -0.2) is 18.5 Å². The van der Waals surface area contributed by atoms with Crippen LogP contribution in [0.2, 0.25) is 0 Å². The summed E-state index contributed by atoms with van der Waals surface area (Å²) in [4.78, 5) is 11.1. The van der Waals surface area contributed by atoms with Gasteiger partial charge in [0, 0.05) is 5.92 Å². The summed E-state index contributed by atoms with van der Waals surface area (Å²) in [5.74, 6) is 0.477. The van der Waals surface area contributed by atoms with Gasteiger partial charge in [-0.05, 0) is 25.3 Å². The lowest BCUT2D eigenvalue weighted by Gasteiger charge is -2.36. The summed E-state index contributed by atoms with van der Waals surface area (Å²) >= 11 is 0. The molecular formula is C13H20O2. The van der Waals surface area contributed by atoms with Crippen molar-refractivity contribution in [3.8, 4) is 0 Å². The number of Topliss-reactive ketones (excluding diaryl/α,β-unsaturated/α-hetero) is 1. The van der Waals surface area contributed by atoms with Crippen LogP contribution in [0, 0.1) is 5.92 Å². The third-order valence-electron chi connectivity index (χ3n) is 2.67. The molecule has 0 saturated carbocycles. The fraction of sp³-hybridized carbons (Fsp3) is 0.615. The summed E-state index contributed by atoms with van der Waals surface area (Å²) in [7, 11) is 0. The Morgan fingerprint density at radius 1 is 1.40 bits per heavy atom. The second-order valence-electron chi connectivity index (χ2n) is 3.65. The fourth-order valence-corrected chi connectivity index (χ4v) is 1.87. The minimum atomic E-state index is -0.172. The second kappa shape index (κ2) is 5.86. The van der Waals surface area contributed by atoms with Gasteiger partial charge in [0.05, 0.1) is 6.61 Å². The van der Waals surface area contributed by atoms with Gasteiger partial charge in [-0.2, -0.15) is 0 Å². The Morgan fingerprint density at radius 3 is 2.53 bits per heavy atom. The van der Waals surface area contributed by atoms with Gasteiger partial charge in [0.2, 0.25) is 0 Å². The molecule has 15 heavy (non-hydrogen) atoms. The molecule has 0 radical (unpaired) electrons. The van der Waals surface area contributed by atoms with Crippen LogP contribution < -0.4 is 0 Å². The van der Waals surface area contributed by atoms with Gasteiger partial charge in [-0.15, -0.1) is 0 Å². The number of carbonyl (C=O) groups excluding carboxylic acids is 1. The number of ketones is 1. The Kier molecular flexibility index (Phi) is 4.76. The quantitative estimate of drug-likeness (QED) is 0.697. The average Bonchev–Trinajstić information content (AvgIpc) is 2.20. The number of carbonyl (C=O) groups is 1. The average molecular weight is 208 g/mol. The maximum atomic E-state index is 11.1. The molecule has 2 atom stereocenters. The van der Waals surface area contributed by atoms with Crippen molar-refractivity contribution in [3.05, 3.63) is 23.8 Å². The van der Waals surface area contributed by atoms with Gasteiger partial charge in [0.15, 0.2) is 5.78 Å². The van der Waals surface area contributed by atoms with E-state index in [0.717, 1.165) is 12.8 Å². The highest BCUT2D eigenvalue weighted by atomic mass is 16.5. The van der Waals surface area contributed by atoms with Gasteiger partial charge >= 0.3 is 0 Å². The Labute approximate surface area is 92.0 Å². The zero-order valence-corrected chi connectivity index (χ0v) is 9.82. The monoisotopic (exact) mass is 208 g/mol. The zero-order valence-electron chi connectivity index (χ0n) is 9.82. The van der Waals surface area contributed by atoms with Crippen LogP contribution in [-0.2, 0) is 9.53 Å². The summed E-state index contributed by atoms with van der Waals surface area (Å²) < 4.78 is 5.23. The van der Waals surface area contributed by atoms with Gasteiger partial charge in [-0.1, -0.05) is 32.1 Å². The first kappa shape index (κ1) is 12.2. The maximum Gasteiger partial charge on any atom is 0.159 e. The molecule has 2 aliphatic rings. The smallest absolute Gasteiger partial charge is 0.159 e. The van der Waals surface area contributed by atoms with Gasteiger partial charge in [0.1, 0.15) is 6.10 Å². The predicted octanol–water partition coefficient (Wildman–Crippen LogP) is 2.89. The number of hydrogen-bond donors (Lipinski definition) is 0. The topological polar surface area (TPSA) is 26.3 Å². The highest BCUT2D eigenvalue weighted by Crippen LogP contribution is 2.31. The van der Waals surface area contributed by atoms with E-state index in [2.05, 4.69) is 18.2 Å². The number of ether oxygens (including phenoxy) is 1. The highest BCUT2D eigenvalue weighted by molar-refractivity contribution is 5.82. The van der Waals surface area contributed by atoms with Gasteiger partial charge in [-0.3, -0.25) is 4.79 Å². The number of allylic oxidation sites excluding steroid dienone is 3. The van der Waals surface area contributed by atoms with Gasteiger partial charge < -0.3 is 4.74 Å². The number of rotatable bonds is 2. The molecule has 1 fully saturated rings. The largest absolute Gasteiger partial charge is 0.369 e. The first-order valence-corrected chi connectivity index (χ1v) is 5.77. The third kappa shape index (κ3) is 2.78. The molecule has 0 aromatic rings. The molecule has 2 nitrogen and oxygen atoms in total. The standard InChI is InChI=1S/C11H14O2.C2H6/c1-8(12)11-10(7-13-11)9-5-3-2-4-6-9;1-2/h3,5-6,10-11H,2,4,7H2,1H3;1-2H3. The van der Waals surface area contributed by atoms with Crippen molar-refractivity contribution in [2.24, 2.45) is 5.92 Å². The molecule has 1 saturated heterocycles. The van der Waals surface area contributed by atoms with Crippen molar-refractivity contribution in [1.29, 1.82) is 0 Å². The summed E-state index contributed by atoms with van der Waals surface area (Å²) in [6, 6.07) is 0. The molecule has 0 bridgehead atoms. The van der Waals surface area contributed by atoms with Crippen molar-refractivity contribution in [2.45, 2.75) is 39.7 Å². The first-order valence-electron chi connectivity index (χ1n) is 5.77. The van der Waals surface area contributed by atoms with Crippen molar-refractivity contribution in [2.75, 3.05) is 6.61 Å². The van der Waals surface area contributed by atoms with E-state index in [1.165, 1.54) is 5.57 Å². The molecule has 0 N–H and O–H groups in total. The molecule has 0 aromatic carbocycles. The van der Waals surface area contributed by atoms with Crippen LogP contribution in [0.5, 0.6) is 0 Å². The fourth-order valence-electron chi connectivity index (χ4n) is 1.87. The Bertz CT molecular complexity index is 276. The van der Waals surface area contributed by atoms with Crippen LogP contribution in [0.3, 0.4) is 0 Å². The van der Waals surface area contributed by atoms with Crippen LogP contribution in [0.15, 0.2) is 23.8 Å². The molecule has 2 heteroatoms. The van der Waals surface area contributed by atoms with E-state index < -0.39 is 0 Å². The van der Waals surface area contributed by atoms with E-state index in [9.17, 15) is 4.79 Å². The third-order valence-corrected chi connectivity index (χ3v) is 2.67. The van der Waals surface area contributed by atoms with Gasteiger partial charge in [0.25, 0.3) is 0 Å². The maximum absolute atomic E-state index is 11.1. The summed E-state index contributed by atoms with van der Waals surface area (Å²) in [5, 5.41) is 0. The van der Waals surface area contributed by atoms with Crippen LogP contribution in [0.25, 0.3) is 0 Å². The van der Waals surface area contributed by atoms with E-state index in [-0.39, 0.29) is 11.9 Å². The summed E-state index contributed by atoms with van der Waals surface area (Å²) in [5.41, 5.74) is 1.29. The molecule has 2 unspecified atom stereocenters. The second-order valence-corrected chi connectivity index (χ2v) is 3.65. The van der Waals surface area contributed by atoms with Crippen LogP contribution >= 0.6 is 0 Å². The minimum Gasteiger partial charge on any atom is -0.369 e. The molecule has 2 rings (SSSR count). The zero-order chi connectivity index (χ0) is 11.3. The Hall–Kier alpha value is -0.890. The Morgan fingerprint density at radius 2 is 2.13 bits per heavy atom. The van der Waals surface area contributed by atoms with E-state index in [1.807, 2.05) is 13.8 Å². The SMILES string of the molecule is CC.CC(=O)C1OCC1C1=CCCC=C1. The van der Waals surface area contributed by atoms with Crippen molar-refractivity contribution >= 4 is 5.78 Å². The van der Waals surface area contributed by atoms with Crippen molar-refractivity contribution in [1.82, 2.24) is 0 Å². The van der Waals surface area contributed by atoms with E-state index in [1.54, 1.807) is 6.92 Å². The normalized spacial score (nSPS) is 28.3. The lowest BCUT2D eigenvalue weighted by molar-refractivity contribution is -0.150. The number of hydrogen-bond acceptors (Lipinski definition) is 2. The molecule has 1 aliphatic heterocycles. The minimum absolute atomic E-state index is 0.149. The molecule has 0 spiro atoms. The first-order chi connectivity index (χ1) is 7.29. The molecule has 1 aliphatic carbocycles. The van der Waals surface area contributed by atoms with Crippen molar-refractivity contribution < 1.29 is 9.53 Å². The lowest BCUT2D eigenvalue weighted by Crippen LogP contribution is -2.45. The molecular weight excluding hydrogens is 188 g/mol. The molecule has 0 amide bonds. The van der Waals surface area contributed by atoms with E-state index >= 15 is 0 Å². The molecule has 0 aromatic heterocycles. The van der Waals surface area contributed by atoms with E-state index in [0.29, 0.717) is 12.5 Å². The Balaban J connectivity index is 0.000000531. The molecule has 84 valence electrons.